The van der Waals surface area contributed by atoms with E-state index in [1.54, 1.807) is 47.8 Å². The molecule has 0 spiro atoms. The lowest BCUT2D eigenvalue weighted by molar-refractivity contribution is 0.102. The number of amides is 1. The van der Waals surface area contributed by atoms with Crippen LogP contribution >= 0.6 is 34.5 Å². The fraction of sp³-hybridized carbons (Fsp3) is 0.0588. The van der Waals surface area contributed by atoms with Gasteiger partial charge in [-0.1, -0.05) is 29.3 Å². The molecule has 0 bridgehead atoms. The highest BCUT2D eigenvalue weighted by atomic mass is 35.5. The Balaban J connectivity index is 1.71. The Morgan fingerprint density at radius 1 is 1.04 bits per heavy atom. The Kier molecular flexibility index (Phi) is 5.71. The van der Waals surface area contributed by atoms with E-state index in [1.165, 1.54) is 11.3 Å². The number of hydrogen-bond acceptors (Lipinski definition) is 5. The summed E-state index contributed by atoms with van der Waals surface area (Å²) in [6.45, 7) is 0. The Labute approximate surface area is 170 Å². The minimum Gasteiger partial charge on any atom is -0.321 e. The molecule has 0 saturated carbocycles. The van der Waals surface area contributed by atoms with E-state index in [0.29, 0.717) is 26.4 Å². The molecule has 1 heterocycles. The number of aromatic nitrogens is 1. The van der Waals surface area contributed by atoms with Crippen molar-refractivity contribution in [3.05, 3.63) is 63.6 Å². The van der Waals surface area contributed by atoms with Crippen LogP contribution in [0.1, 0.15) is 10.5 Å². The maximum Gasteiger partial charge on any atom is 0.275 e. The van der Waals surface area contributed by atoms with Crippen molar-refractivity contribution in [2.75, 3.05) is 16.3 Å². The summed E-state index contributed by atoms with van der Waals surface area (Å²) in [6.07, 6.45) is 1.07. The second-order valence-corrected chi connectivity index (χ2v) is 8.99. The van der Waals surface area contributed by atoms with Crippen molar-refractivity contribution < 1.29 is 13.2 Å². The molecule has 0 unspecified atom stereocenters. The van der Waals surface area contributed by atoms with Crippen LogP contribution in [0.4, 0.5) is 11.4 Å². The number of carbonyl (C=O) groups excluding carboxylic acids is 1. The molecule has 10 heteroatoms. The third-order valence-corrected chi connectivity index (χ3v) is 5.59. The molecular formula is C17H13Cl2N3O3S2. The lowest BCUT2D eigenvalue weighted by atomic mass is 10.2. The molecule has 0 aliphatic rings. The zero-order valence-electron chi connectivity index (χ0n) is 13.9. The highest BCUT2D eigenvalue weighted by Crippen LogP contribution is 2.30. The molecule has 2 aromatic carbocycles. The van der Waals surface area contributed by atoms with Crippen LogP contribution in [0.3, 0.4) is 0 Å². The predicted octanol–water partition coefficient (Wildman–Crippen LogP) is 4.74. The van der Waals surface area contributed by atoms with Gasteiger partial charge in [0.25, 0.3) is 5.91 Å². The predicted molar refractivity (Wildman–Crippen MR) is 110 cm³/mol. The van der Waals surface area contributed by atoms with Crippen molar-refractivity contribution in [1.29, 1.82) is 0 Å². The number of carbonyl (C=O) groups is 1. The second-order valence-electron chi connectivity index (χ2n) is 5.57. The molecule has 0 atom stereocenters. The zero-order chi connectivity index (χ0) is 19.6. The number of hydrogen-bond donors (Lipinski definition) is 2. The zero-order valence-corrected chi connectivity index (χ0v) is 17.0. The van der Waals surface area contributed by atoms with Gasteiger partial charge in [-0.3, -0.25) is 9.52 Å². The van der Waals surface area contributed by atoms with E-state index in [9.17, 15) is 13.2 Å². The summed E-state index contributed by atoms with van der Waals surface area (Å²) in [6, 6.07) is 11.4. The molecule has 0 saturated heterocycles. The van der Waals surface area contributed by atoms with Gasteiger partial charge in [0.05, 0.1) is 16.3 Å². The molecule has 0 fully saturated rings. The number of benzene rings is 2. The smallest absolute Gasteiger partial charge is 0.275 e. The number of halogens is 2. The van der Waals surface area contributed by atoms with Crippen LogP contribution in [0.25, 0.3) is 10.6 Å². The van der Waals surface area contributed by atoms with E-state index < -0.39 is 10.0 Å². The van der Waals surface area contributed by atoms with Crippen LogP contribution in [0.2, 0.25) is 10.0 Å². The lowest BCUT2D eigenvalue weighted by Gasteiger charge is -2.06. The molecule has 1 amide bonds. The summed E-state index contributed by atoms with van der Waals surface area (Å²) in [7, 11) is -3.35. The van der Waals surface area contributed by atoms with Gasteiger partial charge in [0.15, 0.2) is 0 Å². The highest BCUT2D eigenvalue weighted by Gasteiger charge is 2.13. The molecule has 3 aromatic rings. The van der Waals surface area contributed by atoms with Crippen LogP contribution in [-0.2, 0) is 10.0 Å². The fourth-order valence-electron chi connectivity index (χ4n) is 2.17. The number of rotatable bonds is 5. The van der Waals surface area contributed by atoms with Gasteiger partial charge < -0.3 is 5.32 Å². The van der Waals surface area contributed by atoms with Gasteiger partial charge in [0.1, 0.15) is 10.7 Å². The van der Waals surface area contributed by atoms with Crippen molar-refractivity contribution >= 4 is 61.8 Å². The van der Waals surface area contributed by atoms with E-state index in [-0.39, 0.29) is 11.6 Å². The normalized spacial score (nSPS) is 11.2. The molecule has 0 aliphatic heterocycles. The standard InChI is InChI=1S/C17H13Cl2N3O3S2/c1-27(24,25)22-12-5-3-11(4-6-12)20-16(23)15-9-26-17(21-15)10-2-7-13(18)14(19)8-10/h2-9,22H,1H3,(H,20,23). The first kappa shape index (κ1) is 19.6. The first-order chi connectivity index (χ1) is 12.7. The molecule has 0 radical (unpaired) electrons. The summed E-state index contributed by atoms with van der Waals surface area (Å²) in [4.78, 5) is 16.7. The van der Waals surface area contributed by atoms with Crippen LogP contribution in [0, 0.1) is 0 Å². The van der Waals surface area contributed by atoms with Gasteiger partial charge in [-0.15, -0.1) is 11.3 Å². The largest absolute Gasteiger partial charge is 0.321 e. The maximum absolute atomic E-state index is 12.4. The molecule has 3 rings (SSSR count). The number of nitrogens with zero attached hydrogens (tertiary/aromatic N) is 1. The van der Waals surface area contributed by atoms with Crippen LogP contribution < -0.4 is 10.0 Å². The molecule has 1 aromatic heterocycles. The van der Waals surface area contributed by atoms with Gasteiger partial charge in [-0.2, -0.15) is 0 Å². The number of anilines is 2. The first-order valence-corrected chi connectivity index (χ1v) is 11.0. The third kappa shape index (κ3) is 5.20. The lowest BCUT2D eigenvalue weighted by Crippen LogP contribution is -2.13. The van der Waals surface area contributed by atoms with Gasteiger partial charge in [0, 0.05) is 22.3 Å². The van der Waals surface area contributed by atoms with Crippen molar-refractivity contribution in [3.63, 3.8) is 0 Å². The Morgan fingerprint density at radius 3 is 2.33 bits per heavy atom. The molecule has 140 valence electrons. The summed E-state index contributed by atoms with van der Waals surface area (Å²) >= 11 is 13.2. The summed E-state index contributed by atoms with van der Waals surface area (Å²) in [5.41, 5.74) is 1.96. The van der Waals surface area contributed by atoms with Crippen molar-refractivity contribution in [2.24, 2.45) is 0 Å². The molecule has 0 aliphatic carbocycles. The second kappa shape index (κ2) is 7.85. The number of thiazole rings is 1. The fourth-order valence-corrected chi connectivity index (χ4v) is 3.83. The van der Waals surface area contributed by atoms with E-state index in [4.69, 9.17) is 23.2 Å². The van der Waals surface area contributed by atoms with Crippen LogP contribution in [0.15, 0.2) is 47.8 Å². The SMILES string of the molecule is CS(=O)(=O)Nc1ccc(NC(=O)c2csc(-c3ccc(Cl)c(Cl)c3)n2)cc1. The van der Waals surface area contributed by atoms with Gasteiger partial charge in [0.2, 0.25) is 10.0 Å². The molecule has 27 heavy (non-hydrogen) atoms. The van der Waals surface area contributed by atoms with Crippen molar-refractivity contribution in [2.45, 2.75) is 0 Å². The van der Waals surface area contributed by atoms with Gasteiger partial charge in [-0.05, 0) is 36.4 Å². The Morgan fingerprint density at radius 2 is 1.70 bits per heavy atom. The monoisotopic (exact) mass is 441 g/mol. The van der Waals surface area contributed by atoms with Crippen molar-refractivity contribution in [1.82, 2.24) is 4.98 Å². The van der Waals surface area contributed by atoms with E-state index in [2.05, 4.69) is 15.0 Å². The average Bonchev–Trinajstić information content (AvgIpc) is 3.08. The molecule has 6 nitrogen and oxygen atoms in total. The molecular weight excluding hydrogens is 429 g/mol. The molecule has 2 N–H and O–H groups in total. The summed E-state index contributed by atoms with van der Waals surface area (Å²) in [5.74, 6) is -0.374. The van der Waals surface area contributed by atoms with E-state index >= 15 is 0 Å². The van der Waals surface area contributed by atoms with Crippen LogP contribution in [-0.4, -0.2) is 25.6 Å². The minimum atomic E-state index is -3.35. The van der Waals surface area contributed by atoms with E-state index in [1.807, 2.05) is 0 Å². The number of sulfonamides is 1. The quantitative estimate of drug-likeness (QED) is 0.598. The summed E-state index contributed by atoms with van der Waals surface area (Å²) in [5, 5.41) is 5.87. The van der Waals surface area contributed by atoms with Crippen molar-refractivity contribution in [3.8, 4) is 10.6 Å². The Hall–Kier alpha value is -2.13. The minimum absolute atomic E-state index is 0.263. The first-order valence-electron chi connectivity index (χ1n) is 7.51. The summed E-state index contributed by atoms with van der Waals surface area (Å²) < 4.78 is 24.8. The topological polar surface area (TPSA) is 88.2 Å². The van der Waals surface area contributed by atoms with E-state index in [0.717, 1.165) is 11.8 Å². The van der Waals surface area contributed by atoms with Crippen LogP contribution in [0.5, 0.6) is 0 Å². The Bertz CT molecular complexity index is 1100. The maximum atomic E-state index is 12.4. The van der Waals surface area contributed by atoms with Gasteiger partial charge >= 0.3 is 0 Å². The highest BCUT2D eigenvalue weighted by molar-refractivity contribution is 7.92. The average molecular weight is 442 g/mol. The number of nitrogens with one attached hydrogen (secondary N) is 2. The third-order valence-electron chi connectivity index (χ3n) is 3.35. The van der Waals surface area contributed by atoms with Gasteiger partial charge in [-0.25, -0.2) is 13.4 Å².